The van der Waals surface area contributed by atoms with E-state index in [4.69, 9.17) is 4.52 Å². The molecule has 1 N–H and O–H groups in total. The van der Waals surface area contributed by atoms with E-state index in [1.54, 1.807) is 0 Å². The molecule has 1 aliphatic carbocycles. The van der Waals surface area contributed by atoms with Gasteiger partial charge in [-0.1, -0.05) is 25.4 Å². The maximum absolute atomic E-state index is 5.38. The minimum atomic E-state index is 0.289. The maximum atomic E-state index is 5.38. The molecule has 0 radical (unpaired) electrons. The lowest BCUT2D eigenvalue weighted by Crippen LogP contribution is -2.27. The predicted molar refractivity (Wildman–Crippen MR) is 60.0 cm³/mol. The van der Waals surface area contributed by atoms with E-state index in [1.807, 2.05) is 0 Å². The summed E-state index contributed by atoms with van der Waals surface area (Å²) >= 11 is 0. The summed E-state index contributed by atoms with van der Waals surface area (Å²) in [6, 6.07) is 0.289. The Morgan fingerprint density at radius 1 is 1.38 bits per heavy atom. The third-order valence-electron chi connectivity index (χ3n) is 3.89. The molecule has 4 heteroatoms. The van der Waals surface area contributed by atoms with Gasteiger partial charge in [-0.2, -0.15) is 4.98 Å². The van der Waals surface area contributed by atoms with Crippen molar-refractivity contribution in [1.29, 1.82) is 0 Å². The number of aromatic nitrogens is 2. The van der Waals surface area contributed by atoms with E-state index in [2.05, 4.69) is 29.3 Å². The number of rotatable bonds is 2. The Balaban J connectivity index is 1.72. The highest BCUT2D eigenvalue weighted by atomic mass is 16.5. The van der Waals surface area contributed by atoms with Crippen LogP contribution in [0.4, 0.5) is 0 Å². The van der Waals surface area contributed by atoms with E-state index in [-0.39, 0.29) is 6.04 Å². The summed E-state index contributed by atoms with van der Waals surface area (Å²) in [5.74, 6) is 2.21. The summed E-state index contributed by atoms with van der Waals surface area (Å²) in [5, 5.41) is 7.56. The molecule has 2 atom stereocenters. The third kappa shape index (κ3) is 1.75. The molecule has 0 aromatic carbocycles. The molecular weight excluding hydrogens is 202 g/mol. The SMILES string of the molecule is CC1(C)CC1c1noc(C2CCCCN2)n1. The smallest absolute Gasteiger partial charge is 0.243 e. The van der Waals surface area contributed by atoms with E-state index >= 15 is 0 Å². The maximum Gasteiger partial charge on any atom is 0.243 e. The first-order valence-electron chi connectivity index (χ1n) is 6.24. The Morgan fingerprint density at radius 2 is 2.19 bits per heavy atom. The van der Waals surface area contributed by atoms with Crippen molar-refractivity contribution in [2.45, 2.75) is 51.5 Å². The first-order chi connectivity index (χ1) is 7.67. The van der Waals surface area contributed by atoms with Crippen molar-refractivity contribution < 1.29 is 4.52 Å². The Hall–Kier alpha value is -0.900. The van der Waals surface area contributed by atoms with Crippen molar-refractivity contribution in [3.8, 4) is 0 Å². The van der Waals surface area contributed by atoms with E-state index in [1.165, 1.54) is 19.3 Å². The molecule has 1 saturated carbocycles. The second kappa shape index (κ2) is 3.55. The van der Waals surface area contributed by atoms with Gasteiger partial charge in [-0.25, -0.2) is 0 Å². The topological polar surface area (TPSA) is 51.0 Å². The zero-order valence-electron chi connectivity index (χ0n) is 9.99. The Labute approximate surface area is 95.8 Å². The van der Waals surface area contributed by atoms with Gasteiger partial charge in [0.15, 0.2) is 5.82 Å². The lowest BCUT2D eigenvalue weighted by molar-refractivity contribution is 0.295. The van der Waals surface area contributed by atoms with Crippen LogP contribution in [-0.4, -0.2) is 16.7 Å². The predicted octanol–water partition coefficient (Wildman–Crippen LogP) is 2.40. The van der Waals surface area contributed by atoms with Crippen molar-refractivity contribution in [1.82, 2.24) is 15.5 Å². The van der Waals surface area contributed by atoms with Crippen molar-refractivity contribution in [3.63, 3.8) is 0 Å². The molecule has 1 aromatic heterocycles. The molecule has 2 aliphatic rings. The van der Waals surface area contributed by atoms with Gasteiger partial charge in [0.2, 0.25) is 5.89 Å². The summed E-state index contributed by atoms with van der Waals surface area (Å²) < 4.78 is 5.38. The van der Waals surface area contributed by atoms with Gasteiger partial charge >= 0.3 is 0 Å². The van der Waals surface area contributed by atoms with Gasteiger partial charge in [-0.3, -0.25) is 0 Å². The minimum Gasteiger partial charge on any atom is -0.338 e. The standard InChI is InChI=1S/C12H19N3O/c1-12(2)7-8(12)10-14-11(16-15-10)9-5-3-4-6-13-9/h8-9,13H,3-7H2,1-2H3. The quantitative estimate of drug-likeness (QED) is 0.833. The number of hydrogen-bond acceptors (Lipinski definition) is 4. The molecular formula is C12H19N3O. The van der Waals surface area contributed by atoms with Gasteiger partial charge in [-0.15, -0.1) is 0 Å². The van der Waals surface area contributed by atoms with Gasteiger partial charge in [0.05, 0.1) is 6.04 Å². The zero-order valence-corrected chi connectivity index (χ0v) is 9.99. The first-order valence-corrected chi connectivity index (χ1v) is 6.24. The molecule has 2 fully saturated rings. The fourth-order valence-electron chi connectivity index (χ4n) is 2.50. The van der Waals surface area contributed by atoms with Crippen LogP contribution in [-0.2, 0) is 0 Å². The average Bonchev–Trinajstić information content (AvgIpc) is 2.76. The second-order valence-electron chi connectivity index (χ2n) is 5.74. The zero-order chi connectivity index (χ0) is 11.2. The van der Waals surface area contributed by atoms with Crippen molar-refractivity contribution in [2.75, 3.05) is 6.54 Å². The number of piperidine rings is 1. The summed E-state index contributed by atoms with van der Waals surface area (Å²) in [6.45, 7) is 5.58. The van der Waals surface area contributed by atoms with Gasteiger partial charge in [0, 0.05) is 5.92 Å². The van der Waals surface area contributed by atoms with E-state index in [0.29, 0.717) is 11.3 Å². The molecule has 88 valence electrons. The highest BCUT2D eigenvalue weighted by Gasteiger charge is 2.49. The van der Waals surface area contributed by atoms with Crippen molar-refractivity contribution in [3.05, 3.63) is 11.7 Å². The minimum absolute atomic E-state index is 0.289. The van der Waals surface area contributed by atoms with Gasteiger partial charge in [0.1, 0.15) is 0 Å². The van der Waals surface area contributed by atoms with Crippen LogP contribution in [0.2, 0.25) is 0 Å². The average molecular weight is 221 g/mol. The molecule has 4 nitrogen and oxygen atoms in total. The summed E-state index contributed by atoms with van der Waals surface area (Å²) in [4.78, 5) is 4.55. The molecule has 3 rings (SSSR count). The fraction of sp³-hybridized carbons (Fsp3) is 0.833. The van der Waals surface area contributed by atoms with Gasteiger partial charge in [-0.05, 0) is 31.2 Å². The molecule has 1 aromatic rings. The van der Waals surface area contributed by atoms with Crippen LogP contribution >= 0.6 is 0 Å². The number of hydrogen-bond donors (Lipinski definition) is 1. The molecule has 1 saturated heterocycles. The monoisotopic (exact) mass is 221 g/mol. The van der Waals surface area contributed by atoms with Crippen LogP contribution in [0.1, 0.15) is 63.2 Å². The Morgan fingerprint density at radius 3 is 2.81 bits per heavy atom. The highest BCUT2D eigenvalue weighted by molar-refractivity contribution is 5.14. The highest BCUT2D eigenvalue weighted by Crippen LogP contribution is 2.57. The number of nitrogens with one attached hydrogen (secondary N) is 1. The lowest BCUT2D eigenvalue weighted by atomic mass is 10.1. The van der Waals surface area contributed by atoms with E-state index in [0.717, 1.165) is 24.7 Å². The van der Waals surface area contributed by atoms with Gasteiger partial charge < -0.3 is 9.84 Å². The molecule has 0 amide bonds. The molecule has 0 spiro atoms. The van der Waals surface area contributed by atoms with Crippen LogP contribution in [0.3, 0.4) is 0 Å². The molecule has 1 aliphatic heterocycles. The van der Waals surface area contributed by atoms with Gasteiger partial charge in [0.25, 0.3) is 0 Å². The lowest BCUT2D eigenvalue weighted by Gasteiger charge is -2.19. The van der Waals surface area contributed by atoms with Crippen molar-refractivity contribution >= 4 is 0 Å². The third-order valence-corrected chi connectivity index (χ3v) is 3.89. The Kier molecular flexibility index (Phi) is 2.28. The van der Waals surface area contributed by atoms with Crippen LogP contribution in [0, 0.1) is 5.41 Å². The summed E-state index contributed by atoms with van der Waals surface area (Å²) in [5.41, 5.74) is 0.376. The van der Waals surface area contributed by atoms with E-state index < -0.39 is 0 Å². The molecule has 0 bridgehead atoms. The largest absolute Gasteiger partial charge is 0.338 e. The van der Waals surface area contributed by atoms with Crippen LogP contribution in [0.5, 0.6) is 0 Å². The van der Waals surface area contributed by atoms with Crippen molar-refractivity contribution in [2.24, 2.45) is 5.41 Å². The van der Waals surface area contributed by atoms with Crippen LogP contribution in [0.25, 0.3) is 0 Å². The number of nitrogens with zero attached hydrogens (tertiary/aromatic N) is 2. The second-order valence-corrected chi connectivity index (χ2v) is 5.74. The molecule has 16 heavy (non-hydrogen) atoms. The van der Waals surface area contributed by atoms with Crippen LogP contribution < -0.4 is 5.32 Å². The fourth-order valence-corrected chi connectivity index (χ4v) is 2.50. The van der Waals surface area contributed by atoms with E-state index in [9.17, 15) is 0 Å². The summed E-state index contributed by atoms with van der Waals surface area (Å²) in [6.07, 6.45) is 4.82. The van der Waals surface area contributed by atoms with Crippen LogP contribution in [0.15, 0.2) is 4.52 Å². The summed E-state index contributed by atoms with van der Waals surface area (Å²) in [7, 11) is 0. The molecule has 2 heterocycles. The first kappa shape index (κ1) is 10.3. The molecule has 2 unspecified atom stereocenters. The Bertz CT molecular complexity index is 379. The normalized spacial score (nSPS) is 32.6.